The van der Waals surface area contributed by atoms with E-state index in [0.29, 0.717) is 12.5 Å². The van der Waals surface area contributed by atoms with E-state index < -0.39 is 0 Å². The molecule has 1 aromatic rings. The molecule has 0 saturated heterocycles. The van der Waals surface area contributed by atoms with Crippen LogP contribution in [0.2, 0.25) is 0 Å². The predicted octanol–water partition coefficient (Wildman–Crippen LogP) is 2.61. The van der Waals surface area contributed by atoms with E-state index in [2.05, 4.69) is 21.2 Å². The van der Waals surface area contributed by atoms with E-state index in [1.807, 2.05) is 25.1 Å². The maximum atomic E-state index is 12.3. The van der Waals surface area contributed by atoms with Gasteiger partial charge in [-0.1, -0.05) is 28.4 Å². The van der Waals surface area contributed by atoms with Gasteiger partial charge in [0.2, 0.25) is 0 Å². The molecule has 98 valence electrons. The lowest BCUT2D eigenvalue weighted by Crippen LogP contribution is -2.40. The second-order valence-electron chi connectivity index (χ2n) is 4.92. The summed E-state index contributed by atoms with van der Waals surface area (Å²) in [7, 11) is 0. The van der Waals surface area contributed by atoms with Crippen molar-refractivity contribution in [1.29, 1.82) is 0 Å². The van der Waals surface area contributed by atoms with Gasteiger partial charge < -0.3 is 11.1 Å². The van der Waals surface area contributed by atoms with Gasteiger partial charge in [-0.25, -0.2) is 0 Å². The molecule has 3 nitrogen and oxygen atoms in total. The molecule has 18 heavy (non-hydrogen) atoms. The van der Waals surface area contributed by atoms with Crippen molar-refractivity contribution < 1.29 is 4.79 Å². The molecular weight excluding hydrogens is 292 g/mol. The van der Waals surface area contributed by atoms with Crippen LogP contribution in [-0.4, -0.2) is 18.5 Å². The molecule has 1 aliphatic carbocycles. The molecule has 2 atom stereocenters. The Bertz CT molecular complexity index is 447. The Morgan fingerprint density at radius 2 is 2.28 bits per heavy atom. The van der Waals surface area contributed by atoms with Gasteiger partial charge in [0.1, 0.15) is 0 Å². The summed E-state index contributed by atoms with van der Waals surface area (Å²) in [6.45, 7) is 2.61. The monoisotopic (exact) mass is 310 g/mol. The number of nitrogens with two attached hydrogens (primary N) is 1. The standard InChI is InChI=1S/C14H19BrN2O/c1-9-11(5-3-6-12(9)15)14(18)17-13-7-2-4-10(13)8-16/h3,5-6,10,13H,2,4,7-8,16H2,1H3,(H,17,18). The second kappa shape index (κ2) is 5.85. The van der Waals surface area contributed by atoms with Crippen LogP contribution in [0.5, 0.6) is 0 Å². The smallest absolute Gasteiger partial charge is 0.251 e. The molecule has 1 amide bonds. The fraction of sp³-hybridized carbons (Fsp3) is 0.500. The second-order valence-corrected chi connectivity index (χ2v) is 5.77. The highest BCUT2D eigenvalue weighted by atomic mass is 79.9. The van der Waals surface area contributed by atoms with Crippen molar-refractivity contribution in [1.82, 2.24) is 5.32 Å². The Kier molecular flexibility index (Phi) is 4.40. The van der Waals surface area contributed by atoms with Crippen molar-refractivity contribution in [2.24, 2.45) is 11.7 Å². The van der Waals surface area contributed by atoms with Gasteiger partial charge in [0, 0.05) is 16.1 Å². The average molecular weight is 311 g/mol. The number of carbonyl (C=O) groups excluding carboxylic acids is 1. The first-order valence-corrected chi connectivity index (χ1v) is 7.19. The van der Waals surface area contributed by atoms with E-state index in [-0.39, 0.29) is 11.9 Å². The third-order valence-electron chi connectivity index (χ3n) is 3.79. The molecule has 1 aromatic carbocycles. The topological polar surface area (TPSA) is 55.1 Å². The molecule has 0 spiro atoms. The maximum Gasteiger partial charge on any atom is 0.251 e. The molecule has 0 heterocycles. The van der Waals surface area contributed by atoms with E-state index in [9.17, 15) is 4.79 Å². The molecule has 1 aliphatic rings. The van der Waals surface area contributed by atoms with Crippen LogP contribution in [0.25, 0.3) is 0 Å². The summed E-state index contributed by atoms with van der Waals surface area (Å²) < 4.78 is 0.969. The van der Waals surface area contributed by atoms with Crippen LogP contribution >= 0.6 is 15.9 Å². The number of nitrogens with one attached hydrogen (secondary N) is 1. The Morgan fingerprint density at radius 1 is 1.50 bits per heavy atom. The van der Waals surface area contributed by atoms with Crippen LogP contribution < -0.4 is 11.1 Å². The minimum Gasteiger partial charge on any atom is -0.349 e. The van der Waals surface area contributed by atoms with E-state index in [0.717, 1.165) is 34.9 Å². The highest BCUT2D eigenvalue weighted by Crippen LogP contribution is 2.25. The number of carbonyl (C=O) groups is 1. The minimum atomic E-state index is 0.0131. The zero-order valence-corrected chi connectivity index (χ0v) is 12.2. The summed E-state index contributed by atoms with van der Waals surface area (Å²) in [5, 5.41) is 3.12. The summed E-state index contributed by atoms with van der Waals surface area (Å²) in [5.74, 6) is 0.445. The third kappa shape index (κ3) is 2.75. The van der Waals surface area contributed by atoms with Crippen LogP contribution in [-0.2, 0) is 0 Å². The highest BCUT2D eigenvalue weighted by molar-refractivity contribution is 9.10. The zero-order chi connectivity index (χ0) is 13.1. The number of benzene rings is 1. The van der Waals surface area contributed by atoms with Crippen molar-refractivity contribution in [3.05, 3.63) is 33.8 Å². The Hall–Kier alpha value is -0.870. The van der Waals surface area contributed by atoms with E-state index in [4.69, 9.17) is 5.73 Å². The Morgan fingerprint density at radius 3 is 3.00 bits per heavy atom. The molecule has 4 heteroatoms. The minimum absolute atomic E-state index is 0.0131. The molecule has 0 aliphatic heterocycles. The number of hydrogen-bond acceptors (Lipinski definition) is 2. The molecule has 0 bridgehead atoms. The average Bonchev–Trinajstić information content (AvgIpc) is 2.79. The number of halogens is 1. The normalized spacial score (nSPS) is 23.1. The maximum absolute atomic E-state index is 12.3. The van der Waals surface area contributed by atoms with Gasteiger partial charge in [0.05, 0.1) is 0 Å². The Balaban J connectivity index is 2.10. The first kappa shape index (κ1) is 13.6. The van der Waals surface area contributed by atoms with Gasteiger partial charge >= 0.3 is 0 Å². The summed E-state index contributed by atoms with van der Waals surface area (Å²) in [6.07, 6.45) is 3.32. The molecule has 0 radical (unpaired) electrons. The predicted molar refractivity (Wildman–Crippen MR) is 76.5 cm³/mol. The largest absolute Gasteiger partial charge is 0.349 e. The van der Waals surface area contributed by atoms with Crippen molar-refractivity contribution in [2.45, 2.75) is 32.2 Å². The van der Waals surface area contributed by atoms with Crippen LogP contribution in [0, 0.1) is 12.8 Å². The summed E-state index contributed by atoms with van der Waals surface area (Å²) in [4.78, 5) is 12.3. The third-order valence-corrected chi connectivity index (χ3v) is 4.65. The molecule has 0 aromatic heterocycles. The molecule has 1 fully saturated rings. The summed E-state index contributed by atoms with van der Waals surface area (Å²) in [5.41, 5.74) is 7.46. The van der Waals surface area contributed by atoms with E-state index in [1.165, 1.54) is 0 Å². The lowest BCUT2D eigenvalue weighted by molar-refractivity contribution is 0.0928. The van der Waals surface area contributed by atoms with Gasteiger partial charge in [-0.3, -0.25) is 4.79 Å². The van der Waals surface area contributed by atoms with Gasteiger partial charge in [-0.2, -0.15) is 0 Å². The molecule has 2 rings (SSSR count). The highest BCUT2D eigenvalue weighted by Gasteiger charge is 2.27. The summed E-state index contributed by atoms with van der Waals surface area (Å²) in [6, 6.07) is 5.94. The van der Waals surface area contributed by atoms with Crippen LogP contribution in [0.15, 0.2) is 22.7 Å². The van der Waals surface area contributed by atoms with Gasteiger partial charge in [0.15, 0.2) is 0 Å². The zero-order valence-electron chi connectivity index (χ0n) is 10.6. The number of rotatable bonds is 3. The number of amides is 1. The molecule has 2 unspecified atom stereocenters. The van der Waals surface area contributed by atoms with Gasteiger partial charge in [0.25, 0.3) is 5.91 Å². The van der Waals surface area contributed by atoms with Crippen LogP contribution in [0.3, 0.4) is 0 Å². The molecule has 3 N–H and O–H groups in total. The van der Waals surface area contributed by atoms with Crippen molar-refractivity contribution in [3.63, 3.8) is 0 Å². The Labute approximate surface area is 116 Å². The molecular formula is C14H19BrN2O. The van der Waals surface area contributed by atoms with E-state index >= 15 is 0 Å². The SMILES string of the molecule is Cc1c(Br)cccc1C(=O)NC1CCCC1CN. The van der Waals surface area contributed by atoms with Crippen LogP contribution in [0.1, 0.15) is 35.2 Å². The fourth-order valence-corrected chi connectivity index (χ4v) is 2.97. The van der Waals surface area contributed by atoms with E-state index in [1.54, 1.807) is 0 Å². The molecule has 1 saturated carbocycles. The first-order chi connectivity index (χ1) is 8.63. The summed E-state index contributed by atoms with van der Waals surface area (Å²) >= 11 is 3.45. The lowest BCUT2D eigenvalue weighted by atomic mass is 10.0. The van der Waals surface area contributed by atoms with Gasteiger partial charge in [-0.05, 0) is 49.9 Å². The fourth-order valence-electron chi connectivity index (χ4n) is 2.61. The first-order valence-electron chi connectivity index (χ1n) is 6.39. The van der Waals surface area contributed by atoms with Crippen molar-refractivity contribution >= 4 is 21.8 Å². The number of hydrogen-bond donors (Lipinski definition) is 2. The van der Waals surface area contributed by atoms with Crippen molar-refractivity contribution in [2.75, 3.05) is 6.54 Å². The van der Waals surface area contributed by atoms with Gasteiger partial charge in [-0.15, -0.1) is 0 Å². The van der Waals surface area contributed by atoms with Crippen molar-refractivity contribution in [3.8, 4) is 0 Å². The van der Waals surface area contributed by atoms with Crippen LogP contribution in [0.4, 0.5) is 0 Å². The quantitative estimate of drug-likeness (QED) is 0.901. The lowest BCUT2D eigenvalue weighted by Gasteiger charge is -2.20.